The molecule has 6 heteroatoms. The van der Waals surface area contributed by atoms with Crippen LogP contribution in [-0.4, -0.2) is 66.4 Å². The lowest BCUT2D eigenvalue weighted by molar-refractivity contribution is 0.0586. The zero-order valence-electron chi connectivity index (χ0n) is 13.3. The van der Waals surface area contributed by atoms with Crippen LogP contribution in [0.1, 0.15) is 16.1 Å². The molecule has 1 aromatic carbocycles. The second-order valence-corrected chi connectivity index (χ2v) is 6.56. The summed E-state index contributed by atoms with van der Waals surface area (Å²) in [6.07, 6.45) is 2.03. The molecule has 2 heterocycles. The Hall–Kier alpha value is -1.50. The van der Waals surface area contributed by atoms with Gasteiger partial charge in [-0.2, -0.15) is 11.8 Å². The highest BCUT2D eigenvalue weighted by Crippen LogP contribution is 2.29. The number of furan rings is 1. The summed E-state index contributed by atoms with van der Waals surface area (Å²) in [7, 11) is 0. The van der Waals surface area contributed by atoms with Crippen LogP contribution in [-0.2, 0) is 5.75 Å². The standard InChI is InChI=1S/C17H22N2O3S/c1-23-12-14-13-4-2-3-5-15(13)22-16(14)17(21)19-8-6-18(7-9-19)10-11-20/h2-5,20H,6-12H2,1H3. The fourth-order valence-electron chi connectivity index (χ4n) is 3.02. The van der Waals surface area contributed by atoms with Crippen molar-refractivity contribution in [2.75, 3.05) is 45.6 Å². The van der Waals surface area contributed by atoms with E-state index in [1.54, 1.807) is 11.8 Å². The number of aliphatic hydroxyl groups is 1. The van der Waals surface area contributed by atoms with Crippen LogP contribution in [0.25, 0.3) is 11.0 Å². The largest absolute Gasteiger partial charge is 0.451 e. The van der Waals surface area contributed by atoms with Crippen LogP contribution in [0.4, 0.5) is 0 Å². The molecular formula is C17H22N2O3S. The molecule has 1 N–H and O–H groups in total. The Morgan fingerprint density at radius 3 is 2.70 bits per heavy atom. The fraction of sp³-hybridized carbons (Fsp3) is 0.471. The number of nitrogens with zero attached hydrogens (tertiary/aromatic N) is 2. The van der Waals surface area contributed by atoms with Crippen LogP contribution in [0, 0.1) is 0 Å². The lowest BCUT2D eigenvalue weighted by Crippen LogP contribution is -2.49. The molecular weight excluding hydrogens is 312 g/mol. The highest BCUT2D eigenvalue weighted by atomic mass is 32.2. The first kappa shape index (κ1) is 16.4. The van der Waals surface area contributed by atoms with Gasteiger partial charge in [-0.3, -0.25) is 9.69 Å². The highest BCUT2D eigenvalue weighted by molar-refractivity contribution is 7.97. The van der Waals surface area contributed by atoms with E-state index in [1.807, 2.05) is 35.4 Å². The van der Waals surface area contributed by atoms with E-state index in [4.69, 9.17) is 9.52 Å². The molecule has 5 nitrogen and oxygen atoms in total. The van der Waals surface area contributed by atoms with Crippen LogP contribution >= 0.6 is 11.8 Å². The first-order chi connectivity index (χ1) is 11.2. The van der Waals surface area contributed by atoms with Crippen molar-refractivity contribution >= 4 is 28.6 Å². The second-order valence-electron chi connectivity index (χ2n) is 5.70. The van der Waals surface area contributed by atoms with E-state index in [0.29, 0.717) is 25.4 Å². The number of fused-ring (bicyclic) bond motifs is 1. The molecule has 1 saturated heterocycles. The summed E-state index contributed by atoms with van der Waals surface area (Å²) in [5.41, 5.74) is 1.77. The first-order valence-electron chi connectivity index (χ1n) is 7.86. The lowest BCUT2D eigenvalue weighted by Gasteiger charge is -2.34. The number of hydrogen-bond acceptors (Lipinski definition) is 5. The van der Waals surface area contributed by atoms with Gasteiger partial charge in [0.1, 0.15) is 5.58 Å². The minimum absolute atomic E-state index is 0.0195. The molecule has 0 spiro atoms. The number of piperazine rings is 1. The number of aliphatic hydroxyl groups excluding tert-OH is 1. The van der Waals surface area contributed by atoms with Crippen molar-refractivity contribution in [1.82, 2.24) is 9.80 Å². The van der Waals surface area contributed by atoms with E-state index in [0.717, 1.165) is 35.4 Å². The van der Waals surface area contributed by atoms with Gasteiger partial charge >= 0.3 is 0 Å². The van der Waals surface area contributed by atoms with Gasteiger partial charge < -0.3 is 14.4 Å². The summed E-state index contributed by atoms with van der Waals surface area (Å²) in [6.45, 7) is 3.78. The molecule has 1 aliphatic heterocycles. The maximum absolute atomic E-state index is 12.9. The van der Waals surface area contributed by atoms with E-state index in [-0.39, 0.29) is 12.5 Å². The van der Waals surface area contributed by atoms with Gasteiger partial charge in [0.05, 0.1) is 6.61 Å². The second kappa shape index (κ2) is 7.38. The average molecular weight is 334 g/mol. The molecule has 1 fully saturated rings. The summed E-state index contributed by atoms with van der Waals surface area (Å²) in [5, 5.41) is 10.0. The van der Waals surface area contributed by atoms with Crippen molar-refractivity contribution in [3.63, 3.8) is 0 Å². The molecule has 0 saturated carbocycles. The average Bonchev–Trinajstić information content (AvgIpc) is 2.94. The van der Waals surface area contributed by atoms with Crippen molar-refractivity contribution in [3.8, 4) is 0 Å². The van der Waals surface area contributed by atoms with Gasteiger partial charge in [0.25, 0.3) is 5.91 Å². The monoisotopic (exact) mass is 334 g/mol. The molecule has 0 radical (unpaired) electrons. The summed E-state index contributed by atoms with van der Waals surface area (Å²) in [5.74, 6) is 1.23. The van der Waals surface area contributed by atoms with Crippen molar-refractivity contribution in [1.29, 1.82) is 0 Å². The number of hydrogen-bond donors (Lipinski definition) is 1. The minimum Gasteiger partial charge on any atom is -0.451 e. The Balaban J connectivity index is 1.82. The van der Waals surface area contributed by atoms with Gasteiger partial charge in [-0.05, 0) is 12.3 Å². The van der Waals surface area contributed by atoms with Gasteiger partial charge in [0, 0.05) is 49.4 Å². The van der Waals surface area contributed by atoms with Gasteiger partial charge in [0.2, 0.25) is 0 Å². The predicted octanol–water partition coefficient (Wildman–Crippen LogP) is 2.05. The van der Waals surface area contributed by atoms with Crippen LogP contribution < -0.4 is 0 Å². The number of thioether (sulfide) groups is 1. The molecule has 0 bridgehead atoms. The third kappa shape index (κ3) is 3.39. The van der Waals surface area contributed by atoms with Gasteiger partial charge in [-0.1, -0.05) is 18.2 Å². The zero-order chi connectivity index (χ0) is 16.2. The van der Waals surface area contributed by atoms with E-state index in [9.17, 15) is 4.79 Å². The molecule has 1 aromatic heterocycles. The molecule has 1 aliphatic rings. The SMILES string of the molecule is CSCc1c(C(=O)N2CCN(CCO)CC2)oc2ccccc12. The summed E-state index contributed by atoms with van der Waals surface area (Å²) >= 11 is 1.69. The van der Waals surface area contributed by atoms with Crippen molar-refractivity contribution < 1.29 is 14.3 Å². The summed E-state index contributed by atoms with van der Waals surface area (Å²) in [6, 6.07) is 7.83. The number of β-amino-alcohol motifs (C(OH)–C–C–N with tert-alkyl or cyclic N) is 1. The number of carbonyl (C=O) groups is 1. The third-order valence-electron chi connectivity index (χ3n) is 4.26. The third-order valence-corrected chi connectivity index (χ3v) is 4.83. The molecule has 0 aliphatic carbocycles. The maximum atomic E-state index is 12.9. The number of amides is 1. The Labute approximate surface area is 140 Å². The normalized spacial score (nSPS) is 16.2. The zero-order valence-corrected chi connectivity index (χ0v) is 14.1. The van der Waals surface area contributed by atoms with Crippen LogP contribution in [0.3, 0.4) is 0 Å². The summed E-state index contributed by atoms with van der Waals surface area (Å²) in [4.78, 5) is 16.9. The molecule has 124 valence electrons. The van der Waals surface area contributed by atoms with E-state index < -0.39 is 0 Å². The van der Waals surface area contributed by atoms with Crippen molar-refractivity contribution in [2.24, 2.45) is 0 Å². The Bertz CT molecular complexity index is 678. The molecule has 0 atom stereocenters. The Morgan fingerprint density at radius 1 is 1.26 bits per heavy atom. The Kier molecular flexibility index (Phi) is 5.25. The van der Waals surface area contributed by atoms with E-state index >= 15 is 0 Å². The van der Waals surface area contributed by atoms with E-state index in [2.05, 4.69) is 4.90 Å². The molecule has 23 heavy (non-hydrogen) atoms. The smallest absolute Gasteiger partial charge is 0.290 e. The molecule has 3 rings (SSSR count). The number of benzene rings is 1. The van der Waals surface area contributed by atoms with Crippen molar-refractivity contribution in [2.45, 2.75) is 5.75 Å². The number of carbonyl (C=O) groups excluding carboxylic acids is 1. The highest BCUT2D eigenvalue weighted by Gasteiger charge is 2.27. The first-order valence-corrected chi connectivity index (χ1v) is 9.26. The predicted molar refractivity (Wildman–Crippen MR) is 92.9 cm³/mol. The van der Waals surface area contributed by atoms with Crippen LogP contribution in [0.5, 0.6) is 0 Å². The molecule has 2 aromatic rings. The molecule has 0 unspecified atom stereocenters. The number of para-hydroxylation sites is 1. The van der Waals surface area contributed by atoms with Crippen LogP contribution in [0.2, 0.25) is 0 Å². The van der Waals surface area contributed by atoms with Gasteiger partial charge in [0.15, 0.2) is 5.76 Å². The minimum atomic E-state index is -0.0195. The van der Waals surface area contributed by atoms with Crippen molar-refractivity contribution in [3.05, 3.63) is 35.6 Å². The maximum Gasteiger partial charge on any atom is 0.290 e. The van der Waals surface area contributed by atoms with Gasteiger partial charge in [-0.25, -0.2) is 0 Å². The molecule has 1 amide bonds. The number of rotatable bonds is 5. The van der Waals surface area contributed by atoms with Crippen LogP contribution in [0.15, 0.2) is 28.7 Å². The topological polar surface area (TPSA) is 56.9 Å². The summed E-state index contributed by atoms with van der Waals surface area (Å²) < 4.78 is 5.88. The van der Waals surface area contributed by atoms with Gasteiger partial charge in [-0.15, -0.1) is 0 Å². The van der Waals surface area contributed by atoms with E-state index in [1.165, 1.54) is 0 Å². The fourth-order valence-corrected chi connectivity index (χ4v) is 3.59. The Morgan fingerprint density at radius 2 is 2.00 bits per heavy atom. The quantitative estimate of drug-likeness (QED) is 0.907. The lowest BCUT2D eigenvalue weighted by atomic mass is 10.1.